The van der Waals surface area contributed by atoms with Crippen LogP contribution in [-0.2, 0) is 31.1 Å². The molecule has 8 heteroatoms. The maximum atomic E-state index is 13.4. The third-order valence-corrected chi connectivity index (χ3v) is 6.36. The Kier molecular flexibility index (Phi) is 6.72. The maximum absolute atomic E-state index is 13.4. The van der Waals surface area contributed by atoms with Crippen LogP contribution in [-0.4, -0.2) is 54.8 Å². The monoisotopic (exact) mass is 434 g/mol. The summed E-state index contributed by atoms with van der Waals surface area (Å²) in [5, 5.41) is 2.32. The fourth-order valence-corrected chi connectivity index (χ4v) is 4.69. The average Bonchev–Trinajstić information content (AvgIpc) is 3.28. The van der Waals surface area contributed by atoms with Crippen LogP contribution in [0.3, 0.4) is 0 Å². The number of likely N-dealkylation sites (tertiary alicyclic amines) is 1. The van der Waals surface area contributed by atoms with Crippen LogP contribution < -0.4 is 0 Å². The Morgan fingerprint density at radius 2 is 2.03 bits per heavy atom. The summed E-state index contributed by atoms with van der Waals surface area (Å²) in [6, 6.07) is 10.8. The molecule has 1 fully saturated rings. The van der Waals surface area contributed by atoms with Gasteiger partial charge in [0, 0.05) is 36.9 Å². The Morgan fingerprint density at radius 3 is 2.69 bits per heavy atom. The molecular weight excluding hydrogens is 412 g/mol. The van der Waals surface area contributed by atoms with Gasteiger partial charge in [-0.2, -0.15) is 0 Å². The molecule has 1 unspecified atom stereocenters. The Morgan fingerprint density at radius 1 is 1.28 bits per heavy atom. The number of thiophene rings is 1. The van der Waals surface area contributed by atoms with Gasteiger partial charge in [0.1, 0.15) is 0 Å². The lowest BCUT2D eigenvalue weighted by atomic mass is 9.75. The molecule has 1 aliphatic rings. The number of carbonyl (C=O) groups excluding carboxylic acids is 3. The van der Waals surface area contributed by atoms with E-state index in [1.807, 2.05) is 17.5 Å². The Hall–Kier alpha value is -2.22. The first-order valence-corrected chi connectivity index (χ1v) is 10.5. The molecule has 6 nitrogen and oxygen atoms in total. The lowest BCUT2D eigenvalue weighted by Gasteiger charge is -2.29. The molecular formula is C21H23ClN2O4S. The molecule has 2 heterocycles. The number of hydrogen-bond donors (Lipinski definition) is 0. The molecule has 0 radical (unpaired) electrons. The zero-order valence-electron chi connectivity index (χ0n) is 16.4. The van der Waals surface area contributed by atoms with Crippen LogP contribution in [0.1, 0.15) is 23.3 Å². The van der Waals surface area contributed by atoms with E-state index in [2.05, 4.69) is 0 Å². The molecule has 0 aliphatic carbocycles. The number of halogens is 1. The van der Waals surface area contributed by atoms with Crippen molar-refractivity contribution in [1.82, 2.24) is 9.80 Å². The predicted molar refractivity (Wildman–Crippen MR) is 112 cm³/mol. The summed E-state index contributed by atoms with van der Waals surface area (Å²) in [4.78, 5) is 43.0. The van der Waals surface area contributed by atoms with Crippen molar-refractivity contribution in [2.45, 2.75) is 24.8 Å². The summed E-state index contributed by atoms with van der Waals surface area (Å²) in [6.45, 7) is 0.840. The zero-order chi connectivity index (χ0) is 21.0. The summed E-state index contributed by atoms with van der Waals surface area (Å²) in [5.74, 6) is -0.931. The number of rotatable bonds is 8. The Bertz CT molecular complexity index is 902. The van der Waals surface area contributed by atoms with E-state index in [1.54, 1.807) is 47.5 Å². The van der Waals surface area contributed by atoms with Crippen LogP contribution in [0, 0.1) is 0 Å². The van der Waals surface area contributed by atoms with Gasteiger partial charge in [-0.05, 0) is 23.1 Å². The van der Waals surface area contributed by atoms with Gasteiger partial charge in [-0.3, -0.25) is 19.3 Å². The SMILES string of the molecule is COCCN1C(=O)CC(CC(=O)N(C)Cc2cccs2)(c2ccccc2Cl)C1=O. The second-order valence-electron chi connectivity index (χ2n) is 7.09. The maximum Gasteiger partial charge on any atom is 0.241 e. The summed E-state index contributed by atoms with van der Waals surface area (Å²) in [6.07, 6.45) is -0.204. The highest BCUT2D eigenvalue weighted by Gasteiger charge is 2.54. The van der Waals surface area contributed by atoms with E-state index in [-0.39, 0.29) is 37.8 Å². The number of hydrogen-bond acceptors (Lipinski definition) is 5. The summed E-state index contributed by atoms with van der Waals surface area (Å²) >= 11 is 7.97. The van der Waals surface area contributed by atoms with Crippen molar-refractivity contribution in [2.24, 2.45) is 0 Å². The lowest BCUT2D eigenvalue weighted by Crippen LogP contribution is -2.43. The molecule has 0 bridgehead atoms. The highest BCUT2D eigenvalue weighted by Crippen LogP contribution is 2.43. The summed E-state index contributed by atoms with van der Waals surface area (Å²) in [5.41, 5.74) is -0.790. The van der Waals surface area contributed by atoms with Gasteiger partial charge in [0.25, 0.3) is 0 Å². The first-order valence-electron chi connectivity index (χ1n) is 9.24. The largest absolute Gasteiger partial charge is 0.383 e. The molecule has 154 valence electrons. The number of imide groups is 1. The van der Waals surface area contributed by atoms with Crippen LogP contribution in [0.5, 0.6) is 0 Å². The second-order valence-corrected chi connectivity index (χ2v) is 8.53. The van der Waals surface area contributed by atoms with Crippen molar-refractivity contribution >= 4 is 40.7 Å². The normalized spacial score (nSPS) is 19.1. The first-order chi connectivity index (χ1) is 13.9. The van der Waals surface area contributed by atoms with Crippen molar-refractivity contribution in [2.75, 3.05) is 27.3 Å². The third-order valence-electron chi connectivity index (χ3n) is 5.17. The molecule has 3 rings (SSSR count). The molecule has 1 aromatic heterocycles. The van der Waals surface area contributed by atoms with E-state index in [0.717, 1.165) is 4.88 Å². The van der Waals surface area contributed by atoms with Gasteiger partial charge in [-0.25, -0.2) is 0 Å². The van der Waals surface area contributed by atoms with Crippen LogP contribution >= 0.6 is 22.9 Å². The summed E-state index contributed by atoms with van der Waals surface area (Å²) < 4.78 is 5.03. The number of amides is 3. The van der Waals surface area contributed by atoms with Crippen molar-refractivity contribution < 1.29 is 19.1 Å². The fraction of sp³-hybridized carbons (Fsp3) is 0.381. The standard InChI is InChI=1S/C21H23ClN2O4S/c1-23(14-15-6-5-11-29-15)18(25)12-21(16-7-3-4-8-17(16)22)13-19(26)24(20(21)27)9-10-28-2/h3-8,11H,9-10,12-14H2,1-2H3. The molecule has 1 atom stereocenters. The van der Waals surface area contributed by atoms with Crippen molar-refractivity contribution in [3.63, 3.8) is 0 Å². The predicted octanol–water partition coefficient (Wildman–Crippen LogP) is 3.09. The van der Waals surface area contributed by atoms with Gasteiger partial charge >= 0.3 is 0 Å². The van der Waals surface area contributed by atoms with Crippen molar-refractivity contribution in [3.8, 4) is 0 Å². The van der Waals surface area contributed by atoms with Gasteiger partial charge in [0.05, 0.1) is 25.1 Å². The molecule has 0 saturated carbocycles. The van der Waals surface area contributed by atoms with Gasteiger partial charge < -0.3 is 9.64 Å². The summed E-state index contributed by atoms with van der Waals surface area (Å²) in [7, 11) is 3.21. The molecule has 1 saturated heterocycles. The van der Waals surface area contributed by atoms with Crippen LogP contribution in [0.25, 0.3) is 0 Å². The zero-order valence-corrected chi connectivity index (χ0v) is 18.0. The highest BCUT2D eigenvalue weighted by atomic mass is 35.5. The van der Waals surface area contributed by atoms with Crippen LogP contribution in [0.2, 0.25) is 5.02 Å². The molecule has 1 aliphatic heterocycles. The fourth-order valence-electron chi connectivity index (χ4n) is 3.62. The number of ether oxygens (including phenoxy) is 1. The number of benzene rings is 1. The van der Waals surface area contributed by atoms with E-state index < -0.39 is 11.3 Å². The first kappa shape index (κ1) is 21.5. The van der Waals surface area contributed by atoms with E-state index >= 15 is 0 Å². The van der Waals surface area contributed by atoms with E-state index in [0.29, 0.717) is 17.1 Å². The smallest absolute Gasteiger partial charge is 0.241 e. The van der Waals surface area contributed by atoms with E-state index in [1.165, 1.54) is 12.0 Å². The number of carbonyl (C=O) groups is 3. The average molecular weight is 435 g/mol. The molecule has 0 N–H and O–H groups in total. The quantitative estimate of drug-likeness (QED) is 0.599. The molecule has 0 spiro atoms. The van der Waals surface area contributed by atoms with Gasteiger partial charge in [-0.1, -0.05) is 35.9 Å². The Labute approximate surface area is 179 Å². The minimum absolute atomic E-state index is 0.0855. The second kappa shape index (κ2) is 9.07. The molecule has 2 aromatic rings. The molecule has 1 aromatic carbocycles. The Balaban J connectivity index is 1.92. The van der Waals surface area contributed by atoms with Crippen LogP contribution in [0.4, 0.5) is 0 Å². The minimum atomic E-state index is -1.30. The van der Waals surface area contributed by atoms with Crippen LogP contribution in [0.15, 0.2) is 41.8 Å². The van der Waals surface area contributed by atoms with Crippen molar-refractivity contribution in [1.29, 1.82) is 0 Å². The number of methoxy groups -OCH3 is 1. The third kappa shape index (κ3) is 4.37. The molecule has 3 amide bonds. The highest BCUT2D eigenvalue weighted by molar-refractivity contribution is 7.09. The lowest BCUT2D eigenvalue weighted by molar-refractivity contribution is -0.143. The molecule has 29 heavy (non-hydrogen) atoms. The number of nitrogens with zero attached hydrogens (tertiary/aromatic N) is 2. The van der Waals surface area contributed by atoms with Gasteiger partial charge in [0.2, 0.25) is 17.7 Å². The topological polar surface area (TPSA) is 66.9 Å². The van der Waals surface area contributed by atoms with Gasteiger partial charge in [0.15, 0.2) is 0 Å². The van der Waals surface area contributed by atoms with Gasteiger partial charge in [-0.15, -0.1) is 11.3 Å². The minimum Gasteiger partial charge on any atom is -0.383 e. The van der Waals surface area contributed by atoms with Crippen molar-refractivity contribution in [3.05, 3.63) is 57.2 Å². The van der Waals surface area contributed by atoms with E-state index in [4.69, 9.17) is 16.3 Å². The van der Waals surface area contributed by atoms with E-state index in [9.17, 15) is 14.4 Å².